The van der Waals surface area contributed by atoms with Gasteiger partial charge in [0, 0.05) is 17.1 Å². The van der Waals surface area contributed by atoms with Crippen LogP contribution < -0.4 is 21.3 Å². The van der Waals surface area contributed by atoms with Crippen LogP contribution in [0, 0.1) is 0 Å². The highest BCUT2D eigenvalue weighted by atomic mass is 32.2. The number of amides is 3. The van der Waals surface area contributed by atoms with Gasteiger partial charge in [0.25, 0.3) is 5.56 Å². The van der Waals surface area contributed by atoms with Gasteiger partial charge in [0.15, 0.2) is 5.16 Å². The van der Waals surface area contributed by atoms with Gasteiger partial charge in [-0.15, -0.1) is 11.3 Å². The molecule has 1 aliphatic rings. The van der Waals surface area contributed by atoms with Crippen LogP contribution in [0.1, 0.15) is 29.7 Å². The molecule has 3 N–H and O–H groups in total. The molecule has 0 unspecified atom stereocenters. The predicted molar refractivity (Wildman–Crippen MR) is 121 cm³/mol. The Morgan fingerprint density at radius 1 is 1.26 bits per heavy atom. The number of nitrogens with zero attached hydrogens (tertiary/aromatic N) is 2. The summed E-state index contributed by atoms with van der Waals surface area (Å²) in [6.45, 7) is 0. The smallest absolute Gasteiger partial charge is 0.318 e. The van der Waals surface area contributed by atoms with Crippen LogP contribution in [0.2, 0.25) is 0 Å². The Kier molecular flexibility index (Phi) is 6.28. The Labute approximate surface area is 186 Å². The SMILES string of the molecule is COc1ccc(-n2c(SCCC(=O)NC(N)=O)nc3sc4c(c3c2=O)CCCC4)cc1. The van der Waals surface area contributed by atoms with E-state index in [0.29, 0.717) is 27.7 Å². The summed E-state index contributed by atoms with van der Waals surface area (Å²) in [4.78, 5) is 43.0. The standard InChI is InChI=1S/C21H22N4O4S2/c1-29-13-8-6-12(7-9-13)25-19(27)17-14-4-2-3-5-15(14)31-18(17)24-21(25)30-11-10-16(26)23-20(22)28/h6-9H,2-5,10-11H2,1H3,(H3,22,23,26,28). The largest absolute Gasteiger partial charge is 0.497 e. The van der Waals surface area contributed by atoms with Gasteiger partial charge in [0.2, 0.25) is 5.91 Å². The van der Waals surface area contributed by atoms with Crippen molar-refractivity contribution in [2.24, 2.45) is 5.73 Å². The van der Waals surface area contributed by atoms with Crippen LogP contribution in [0.25, 0.3) is 15.9 Å². The second-order valence-electron chi connectivity index (χ2n) is 7.13. The van der Waals surface area contributed by atoms with E-state index in [-0.39, 0.29) is 12.0 Å². The zero-order chi connectivity index (χ0) is 22.0. The second-order valence-corrected chi connectivity index (χ2v) is 9.28. The third kappa shape index (κ3) is 4.45. The highest BCUT2D eigenvalue weighted by Crippen LogP contribution is 2.35. The zero-order valence-corrected chi connectivity index (χ0v) is 18.6. The first-order chi connectivity index (χ1) is 15.0. The summed E-state index contributed by atoms with van der Waals surface area (Å²) in [5.74, 6) is 0.570. The Morgan fingerprint density at radius 2 is 2.00 bits per heavy atom. The quantitative estimate of drug-likeness (QED) is 0.433. The fourth-order valence-corrected chi connectivity index (χ4v) is 5.93. The van der Waals surface area contributed by atoms with Gasteiger partial charge in [-0.05, 0) is 55.5 Å². The molecule has 1 aliphatic carbocycles. The van der Waals surface area contributed by atoms with Crippen molar-refractivity contribution in [1.29, 1.82) is 0 Å². The molecule has 162 valence electrons. The molecule has 3 aromatic rings. The van der Waals surface area contributed by atoms with Gasteiger partial charge in [-0.2, -0.15) is 0 Å². The van der Waals surface area contributed by atoms with Crippen LogP contribution in [0.3, 0.4) is 0 Å². The summed E-state index contributed by atoms with van der Waals surface area (Å²) in [7, 11) is 1.59. The second kappa shape index (κ2) is 9.11. The topological polar surface area (TPSA) is 116 Å². The summed E-state index contributed by atoms with van der Waals surface area (Å²) < 4.78 is 6.83. The lowest BCUT2D eigenvalue weighted by atomic mass is 9.97. The van der Waals surface area contributed by atoms with E-state index < -0.39 is 11.9 Å². The van der Waals surface area contributed by atoms with Gasteiger partial charge >= 0.3 is 6.03 Å². The fraction of sp³-hybridized carbons (Fsp3) is 0.333. The lowest BCUT2D eigenvalue weighted by Crippen LogP contribution is -2.35. The Morgan fingerprint density at radius 3 is 2.71 bits per heavy atom. The number of nitrogens with two attached hydrogens (primary N) is 1. The summed E-state index contributed by atoms with van der Waals surface area (Å²) in [6.07, 6.45) is 4.16. The van der Waals surface area contributed by atoms with E-state index in [1.807, 2.05) is 17.4 Å². The van der Waals surface area contributed by atoms with Crippen LogP contribution in [0.5, 0.6) is 5.75 Å². The number of rotatable bonds is 6. The molecule has 10 heteroatoms. The van der Waals surface area contributed by atoms with Gasteiger partial charge < -0.3 is 10.5 Å². The van der Waals surface area contributed by atoms with Gasteiger partial charge in [0.1, 0.15) is 10.6 Å². The van der Waals surface area contributed by atoms with Crippen molar-refractivity contribution >= 4 is 45.3 Å². The Bertz CT molecular complexity index is 1200. The summed E-state index contributed by atoms with van der Waals surface area (Å²) in [6, 6.07) is 6.34. The van der Waals surface area contributed by atoms with Crippen molar-refractivity contribution in [3.63, 3.8) is 0 Å². The zero-order valence-electron chi connectivity index (χ0n) is 17.0. The Hall–Kier alpha value is -2.85. The van der Waals surface area contributed by atoms with Gasteiger partial charge in [0.05, 0.1) is 18.2 Å². The van der Waals surface area contributed by atoms with E-state index in [4.69, 9.17) is 15.5 Å². The van der Waals surface area contributed by atoms with E-state index in [0.717, 1.165) is 36.1 Å². The Balaban J connectivity index is 1.76. The predicted octanol–water partition coefficient (Wildman–Crippen LogP) is 3.01. The van der Waals surface area contributed by atoms with E-state index in [1.165, 1.54) is 16.6 Å². The molecule has 0 fully saturated rings. The molecular formula is C21H22N4O4S2. The van der Waals surface area contributed by atoms with Crippen LogP contribution in [-0.4, -0.2) is 34.4 Å². The summed E-state index contributed by atoms with van der Waals surface area (Å²) in [5.41, 5.74) is 6.70. The molecule has 0 aliphatic heterocycles. The lowest BCUT2D eigenvalue weighted by molar-refractivity contribution is -0.119. The van der Waals surface area contributed by atoms with Crippen LogP contribution >= 0.6 is 23.1 Å². The number of thioether (sulfide) groups is 1. The molecule has 1 aromatic carbocycles. The van der Waals surface area contributed by atoms with E-state index in [1.54, 1.807) is 35.1 Å². The highest BCUT2D eigenvalue weighted by molar-refractivity contribution is 7.99. The number of hydrogen-bond acceptors (Lipinski definition) is 7. The number of carbonyl (C=O) groups is 2. The van der Waals surface area contributed by atoms with Crippen molar-refractivity contribution in [3.8, 4) is 11.4 Å². The monoisotopic (exact) mass is 458 g/mol. The maximum absolute atomic E-state index is 13.6. The maximum atomic E-state index is 13.6. The number of urea groups is 1. The van der Waals surface area contributed by atoms with Crippen LogP contribution in [0.15, 0.2) is 34.2 Å². The number of hydrogen-bond donors (Lipinski definition) is 2. The molecule has 0 saturated heterocycles. The first kappa shape index (κ1) is 21.4. The molecule has 0 saturated carbocycles. The fourth-order valence-electron chi connectivity index (χ4n) is 3.68. The van der Waals surface area contributed by atoms with Crippen molar-refractivity contribution in [3.05, 3.63) is 45.1 Å². The average Bonchev–Trinajstić information content (AvgIpc) is 3.12. The van der Waals surface area contributed by atoms with Crippen molar-refractivity contribution in [1.82, 2.24) is 14.9 Å². The number of imide groups is 1. The van der Waals surface area contributed by atoms with Crippen molar-refractivity contribution in [2.45, 2.75) is 37.3 Å². The molecular weight excluding hydrogens is 436 g/mol. The number of carbonyl (C=O) groups excluding carboxylic acids is 2. The first-order valence-corrected chi connectivity index (χ1v) is 11.7. The minimum Gasteiger partial charge on any atom is -0.497 e. The molecule has 0 spiro atoms. The van der Waals surface area contributed by atoms with Crippen LogP contribution in [0.4, 0.5) is 4.79 Å². The highest BCUT2D eigenvalue weighted by Gasteiger charge is 2.23. The number of benzene rings is 1. The van der Waals surface area contributed by atoms with Crippen LogP contribution in [-0.2, 0) is 17.6 Å². The third-order valence-electron chi connectivity index (χ3n) is 5.11. The number of aromatic nitrogens is 2. The van der Waals surface area contributed by atoms with Crippen molar-refractivity contribution in [2.75, 3.05) is 12.9 Å². The van der Waals surface area contributed by atoms with E-state index >= 15 is 0 Å². The third-order valence-corrected chi connectivity index (χ3v) is 7.24. The maximum Gasteiger partial charge on any atom is 0.318 e. The lowest BCUT2D eigenvalue weighted by Gasteiger charge is -2.14. The molecule has 0 atom stereocenters. The van der Waals surface area contributed by atoms with Crippen molar-refractivity contribution < 1.29 is 14.3 Å². The summed E-state index contributed by atoms with van der Waals surface area (Å²) >= 11 is 2.88. The molecule has 3 amide bonds. The molecule has 0 radical (unpaired) electrons. The molecule has 2 heterocycles. The van der Waals surface area contributed by atoms with E-state index in [9.17, 15) is 14.4 Å². The number of nitrogens with one attached hydrogen (secondary N) is 1. The molecule has 2 aromatic heterocycles. The normalized spacial score (nSPS) is 13.1. The number of methoxy groups -OCH3 is 1. The van der Waals surface area contributed by atoms with Gasteiger partial charge in [-0.3, -0.25) is 19.5 Å². The molecule has 4 rings (SSSR count). The number of fused-ring (bicyclic) bond motifs is 3. The van der Waals surface area contributed by atoms with E-state index in [2.05, 4.69) is 0 Å². The summed E-state index contributed by atoms with van der Waals surface area (Å²) in [5, 5.41) is 3.26. The number of ether oxygens (including phenoxy) is 1. The number of thiophene rings is 1. The van der Waals surface area contributed by atoms with Gasteiger partial charge in [-0.25, -0.2) is 9.78 Å². The molecule has 0 bridgehead atoms. The number of aryl methyl sites for hydroxylation is 2. The molecule has 8 nitrogen and oxygen atoms in total. The molecule has 31 heavy (non-hydrogen) atoms. The average molecular weight is 459 g/mol. The first-order valence-electron chi connectivity index (χ1n) is 9.91. The minimum absolute atomic E-state index is 0.0745. The number of primary amides is 1. The van der Waals surface area contributed by atoms with Gasteiger partial charge in [-0.1, -0.05) is 11.8 Å². The minimum atomic E-state index is -0.881.